The average Bonchev–Trinajstić information content (AvgIpc) is 2.39. The molecule has 0 aliphatic rings. The van der Waals surface area contributed by atoms with E-state index in [0.717, 1.165) is 19.6 Å². The first kappa shape index (κ1) is 18.3. The van der Waals surface area contributed by atoms with Gasteiger partial charge >= 0.3 is 90.1 Å². The van der Waals surface area contributed by atoms with Crippen LogP contribution in [-0.4, -0.2) is 37.7 Å². The van der Waals surface area contributed by atoms with Crippen LogP contribution in [0.1, 0.15) is 58.3 Å². The molecule has 0 radical (unpaired) electrons. The van der Waals surface area contributed by atoms with Crippen LogP contribution in [0.4, 0.5) is 0 Å². The molecular weight excluding hydrogens is 219 g/mol. The number of unbranched alkanes of at least 4 members (excludes halogenated alkanes) is 5. The molecule has 0 rings (SSSR count). The maximum atomic E-state index is 5.42. The third-order valence-corrected chi connectivity index (χ3v) is 2.86. The van der Waals surface area contributed by atoms with E-state index in [9.17, 15) is 0 Å². The molecule has 0 spiro atoms. The average molecular weight is 248 g/mol. The second kappa shape index (κ2) is 17.3. The van der Waals surface area contributed by atoms with Gasteiger partial charge in [0.05, 0.1) is 0 Å². The number of allylic oxidation sites excluding steroid dienone is 1. The van der Waals surface area contributed by atoms with Crippen LogP contribution in [0.25, 0.3) is 0 Å². The topological polar surface area (TPSA) is 18.5 Å². The fourth-order valence-corrected chi connectivity index (χ4v) is 1.71. The van der Waals surface area contributed by atoms with Crippen molar-refractivity contribution >= 4 is 17.7 Å². The van der Waals surface area contributed by atoms with Gasteiger partial charge in [-0.15, -0.1) is 0 Å². The zero-order valence-electron chi connectivity index (χ0n) is 12.5. The van der Waals surface area contributed by atoms with Crippen LogP contribution in [0, 0.1) is 0 Å². The van der Waals surface area contributed by atoms with Gasteiger partial charge in [0, 0.05) is 0 Å². The van der Waals surface area contributed by atoms with Gasteiger partial charge < -0.3 is 0 Å². The fraction of sp³-hybridized carbons (Fsp3) is 0.867. The summed E-state index contributed by atoms with van der Waals surface area (Å²) in [6.45, 7) is 4.32. The maximum absolute atomic E-state index is 5.42. The minimum atomic E-state index is 0.455. The van der Waals surface area contributed by atoms with Crippen LogP contribution >= 0.6 is 0 Å². The summed E-state index contributed by atoms with van der Waals surface area (Å²) in [5.74, 6) is 0. The summed E-state index contributed by atoms with van der Waals surface area (Å²) in [6.07, 6.45) is 14.5. The van der Waals surface area contributed by atoms with Crippen molar-refractivity contribution in [2.75, 3.05) is 20.0 Å². The second-order valence-electron chi connectivity index (χ2n) is 4.75. The third-order valence-electron chi connectivity index (χ3n) is 2.86. The molecule has 0 heterocycles. The van der Waals surface area contributed by atoms with Crippen molar-refractivity contribution in [3.63, 3.8) is 0 Å². The molecule has 0 saturated heterocycles. The predicted octanol–water partition coefficient (Wildman–Crippen LogP) is 4.26. The molecule has 0 bridgehead atoms. The van der Waals surface area contributed by atoms with Gasteiger partial charge in [-0.1, -0.05) is 32.6 Å². The van der Waals surface area contributed by atoms with Crippen LogP contribution in [0.15, 0.2) is 12.2 Å². The van der Waals surface area contributed by atoms with Crippen molar-refractivity contribution in [1.29, 1.82) is 0 Å². The zero-order valence-corrected chi connectivity index (χ0v) is 12.5. The SMILES string of the molecule is [Li][CH2]C/C=C\CCOCOCCCCCCCC. The van der Waals surface area contributed by atoms with E-state index in [2.05, 4.69) is 36.8 Å². The number of ether oxygens (including phenoxy) is 2. The van der Waals surface area contributed by atoms with Crippen LogP contribution < -0.4 is 0 Å². The van der Waals surface area contributed by atoms with Gasteiger partial charge in [-0.3, -0.25) is 0 Å². The Hall–Kier alpha value is 0.257. The van der Waals surface area contributed by atoms with E-state index in [1.807, 2.05) is 0 Å². The molecule has 0 amide bonds. The Morgan fingerprint density at radius 3 is 2.28 bits per heavy atom. The van der Waals surface area contributed by atoms with E-state index in [4.69, 9.17) is 9.47 Å². The van der Waals surface area contributed by atoms with E-state index < -0.39 is 0 Å². The molecule has 0 atom stereocenters. The van der Waals surface area contributed by atoms with E-state index in [-0.39, 0.29) is 0 Å². The molecular formula is C15H29LiO2. The molecule has 0 aromatic rings. The monoisotopic (exact) mass is 248 g/mol. The summed E-state index contributed by atoms with van der Waals surface area (Å²) in [6, 6.07) is 0. The quantitative estimate of drug-likeness (QED) is 0.198. The Morgan fingerprint density at radius 2 is 1.50 bits per heavy atom. The molecule has 2 nitrogen and oxygen atoms in total. The van der Waals surface area contributed by atoms with E-state index in [1.54, 1.807) is 0 Å². The smallest absolute Gasteiger partial charge is 0.0654 e. The van der Waals surface area contributed by atoms with Gasteiger partial charge in [0.15, 0.2) is 0 Å². The first-order valence-electron chi connectivity index (χ1n) is 7.72. The van der Waals surface area contributed by atoms with E-state index >= 15 is 0 Å². The molecule has 0 unspecified atom stereocenters. The van der Waals surface area contributed by atoms with Crippen LogP contribution in [-0.2, 0) is 9.47 Å². The molecule has 0 aromatic heterocycles. The first-order valence-corrected chi connectivity index (χ1v) is 7.72. The Kier molecular flexibility index (Phi) is 17.5. The van der Waals surface area contributed by atoms with Crippen LogP contribution in [0.2, 0.25) is 5.09 Å². The normalized spacial score (nSPS) is 11.5. The van der Waals surface area contributed by atoms with E-state index in [0.29, 0.717) is 6.79 Å². The fourth-order valence-electron chi connectivity index (χ4n) is 1.71. The molecule has 0 aliphatic heterocycles. The molecule has 3 heteroatoms. The minimum Gasteiger partial charge on any atom is -0.0654 e. The molecule has 0 saturated carbocycles. The zero-order chi connectivity index (χ0) is 13.3. The Balaban J connectivity index is 2.94. The summed E-state index contributed by atoms with van der Waals surface area (Å²) in [4.78, 5) is 0. The Labute approximate surface area is 123 Å². The van der Waals surface area contributed by atoms with Gasteiger partial charge in [0.2, 0.25) is 0 Å². The van der Waals surface area contributed by atoms with Crippen LogP contribution in [0.5, 0.6) is 0 Å². The Morgan fingerprint density at radius 1 is 0.833 bits per heavy atom. The van der Waals surface area contributed by atoms with E-state index in [1.165, 1.54) is 50.0 Å². The number of hydrogen-bond donors (Lipinski definition) is 0. The van der Waals surface area contributed by atoms with Crippen molar-refractivity contribution in [3.8, 4) is 0 Å². The molecule has 0 aliphatic carbocycles. The molecule has 0 aromatic carbocycles. The third kappa shape index (κ3) is 16.3. The van der Waals surface area contributed by atoms with Crippen LogP contribution in [0.3, 0.4) is 0 Å². The summed E-state index contributed by atoms with van der Waals surface area (Å²) < 4.78 is 10.8. The standard InChI is InChI=1S/C15H29O2.Li/c1-3-5-7-9-10-12-14-17-15-16-13-11-8-6-4-2;/h6,8H,2-5,7,9-15H2,1H3;/b8-6-;. The predicted molar refractivity (Wildman–Crippen MR) is 79.1 cm³/mol. The first-order chi connectivity index (χ1) is 8.91. The van der Waals surface area contributed by atoms with Gasteiger partial charge in [0.25, 0.3) is 0 Å². The van der Waals surface area contributed by atoms with Gasteiger partial charge in [-0.2, -0.15) is 0 Å². The number of rotatable bonds is 14. The van der Waals surface area contributed by atoms with Crippen molar-refractivity contribution in [2.45, 2.75) is 63.4 Å². The van der Waals surface area contributed by atoms with Gasteiger partial charge in [0.1, 0.15) is 0 Å². The summed E-state index contributed by atoms with van der Waals surface area (Å²) in [5.41, 5.74) is 0. The molecule has 0 fully saturated rings. The number of hydrogen-bond acceptors (Lipinski definition) is 2. The van der Waals surface area contributed by atoms with Crippen molar-refractivity contribution < 1.29 is 9.47 Å². The van der Waals surface area contributed by atoms with Crippen molar-refractivity contribution in [3.05, 3.63) is 12.2 Å². The summed E-state index contributed by atoms with van der Waals surface area (Å²) in [5, 5.41) is 1.22. The minimum absolute atomic E-state index is 0.455. The molecule has 102 valence electrons. The second-order valence-corrected chi connectivity index (χ2v) is 4.75. The summed E-state index contributed by atoms with van der Waals surface area (Å²) in [7, 11) is 0. The van der Waals surface area contributed by atoms with Crippen molar-refractivity contribution in [2.24, 2.45) is 0 Å². The Bertz CT molecular complexity index is 172. The van der Waals surface area contributed by atoms with Crippen molar-refractivity contribution in [1.82, 2.24) is 0 Å². The van der Waals surface area contributed by atoms with Gasteiger partial charge in [-0.05, 0) is 0 Å². The summed E-state index contributed by atoms with van der Waals surface area (Å²) >= 11 is 2.19. The molecule has 0 N–H and O–H groups in total. The van der Waals surface area contributed by atoms with Gasteiger partial charge in [-0.25, -0.2) is 0 Å². The molecule has 18 heavy (non-hydrogen) atoms.